The van der Waals surface area contributed by atoms with Crippen LogP contribution >= 0.6 is 0 Å². The first-order chi connectivity index (χ1) is 9.03. The van der Waals surface area contributed by atoms with Gasteiger partial charge in [-0.05, 0) is 38.4 Å². The molecule has 0 radical (unpaired) electrons. The van der Waals surface area contributed by atoms with E-state index < -0.39 is 5.92 Å². The molecule has 1 aromatic rings. The third-order valence-electron chi connectivity index (χ3n) is 3.66. The molecule has 2 nitrogen and oxygen atoms in total. The first-order valence-corrected chi connectivity index (χ1v) is 6.79. The van der Waals surface area contributed by atoms with Crippen LogP contribution in [0.3, 0.4) is 0 Å². The maximum atomic E-state index is 14.4. The number of rotatable bonds is 4. The Hall–Kier alpha value is -1.16. The summed E-state index contributed by atoms with van der Waals surface area (Å²) in [4.78, 5) is 0. The fourth-order valence-electron chi connectivity index (χ4n) is 2.63. The summed E-state index contributed by atoms with van der Waals surface area (Å²) in [5.41, 5.74) is 0.828. The van der Waals surface area contributed by atoms with Crippen molar-refractivity contribution in [3.05, 3.63) is 29.3 Å². The molecular weight excluding hydrogens is 248 g/mol. The van der Waals surface area contributed by atoms with Crippen molar-refractivity contribution in [3.63, 3.8) is 0 Å². The van der Waals surface area contributed by atoms with Crippen molar-refractivity contribution in [1.29, 1.82) is 0 Å². The lowest BCUT2D eigenvalue weighted by molar-refractivity contribution is -0.0272. The highest BCUT2D eigenvalue weighted by atomic mass is 19.3. The lowest BCUT2D eigenvalue weighted by atomic mass is 9.94. The van der Waals surface area contributed by atoms with Gasteiger partial charge in [0.05, 0.1) is 12.7 Å². The Labute approximate surface area is 113 Å². The first-order valence-electron chi connectivity index (χ1n) is 6.79. The highest BCUT2D eigenvalue weighted by Crippen LogP contribution is 2.39. The van der Waals surface area contributed by atoms with Crippen LogP contribution in [-0.2, 0) is 5.92 Å². The molecule has 0 saturated carbocycles. The van der Waals surface area contributed by atoms with E-state index in [2.05, 4.69) is 5.32 Å². The molecule has 1 aromatic carbocycles. The number of ether oxygens (including phenoxy) is 1. The van der Waals surface area contributed by atoms with Crippen LogP contribution in [0.5, 0.6) is 5.75 Å². The molecule has 106 valence electrons. The van der Waals surface area contributed by atoms with Crippen molar-refractivity contribution in [2.24, 2.45) is 0 Å². The summed E-state index contributed by atoms with van der Waals surface area (Å²) in [6.45, 7) is 2.66. The van der Waals surface area contributed by atoms with E-state index in [0.29, 0.717) is 0 Å². The summed E-state index contributed by atoms with van der Waals surface area (Å²) >= 11 is 0. The topological polar surface area (TPSA) is 21.3 Å². The van der Waals surface area contributed by atoms with E-state index in [9.17, 15) is 8.78 Å². The van der Waals surface area contributed by atoms with Gasteiger partial charge in [0, 0.05) is 12.5 Å². The summed E-state index contributed by atoms with van der Waals surface area (Å²) < 4.78 is 34.0. The minimum absolute atomic E-state index is 0.00220. The number of aryl methyl sites for hydroxylation is 1. The number of methoxy groups -OCH3 is 1. The Morgan fingerprint density at radius 1 is 1.37 bits per heavy atom. The van der Waals surface area contributed by atoms with Crippen molar-refractivity contribution in [3.8, 4) is 5.75 Å². The molecule has 19 heavy (non-hydrogen) atoms. The van der Waals surface area contributed by atoms with Crippen molar-refractivity contribution in [1.82, 2.24) is 5.32 Å². The van der Waals surface area contributed by atoms with Crippen LogP contribution in [0.2, 0.25) is 0 Å². The molecule has 0 bridgehead atoms. The molecule has 1 aliphatic rings. The van der Waals surface area contributed by atoms with E-state index in [1.807, 2.05) is 6.92 Å². The molecule has 1 atom stereocenters. The first kappa shape index (κ1) is 14.3. The molecule has 1 fully saturated rings. The molecule has 1 N–H and O–H groups in total. The zero-order valence-electron chi connectivity index (χ0n) is 11.5. The zero-order valence-corrected chi connectivity index (χ0v) is 11.5. The average Bonchev–Trinajstić information content (AvgIpc) is 2.39. The summed E-state index contributed by atoms with van der Waals surface area (Å²) in [6.07, 6.45) is 2.77. The van der Waals surface area contributed by atoms with Crippen molar-refractivity contribution in [2.45, 2.75) is 44.6 Å². The minimum atomic E-state index is -2.85. The lowest BCUT2D eigenvalue weighted by Crippen LogP contribution is -2.38. The van der Waals surface area contributed by atoms with Gasteiger partial charge in [-0.1, -0.05) is 18.1 Å². The molecule has 1 heterocycles. The van der Waals surface area contributed by atoms with E-state index in [-0.39, 0.29) is 23.8 Å². The van der Waals surface area contributed by atoms with Gasteiger partial charge in [-0.15, -0.1) is 0 Å². The highest BCUT2D eigenvalue weighted by molar-refractivity contribution is 5.40. The van der Waals surface area contributed by atoms with Crippen molar-refractivity contribution < 1.29 is 13.5 Å². The Kier molecular flexibility index (Phi) is 4.40. The fourth-order valence-corrected chi connectivity index (χ4v) is 2.63. The number of benzene rings is 1. The molecule has 0 spiro atoms. The van der Waals surface area contributed by atoms with Gasteiger partial charge < -0.3 is 10.1 Å². The van der Waals surface area contributed by atoms with Gasteiger partial charge in [0.25, 0.3) is 5.92 Å². The van der Waals surface area contributed by atoms with Crippen molar-refractivity contribution >= 4 is 0 Å². The fraction of sp³-hybridized carbons (Fsp3) is 0.600. The predicted molar refractivity (Wildman–Crippen MR) is 71.9 cm³/mol. The maximum absolute atomic E-state index is 14.4. The van der Waals surface area contributed by atoms with Gasteiger partial charge in [-0.25, -0.2) is 8.78 Å². The van der Waals surface area contributed by atoms with Crippen LogP contribution in [0.1, 0.15) is 36.8 Å². The molecule has 0 aliphatic carbocycles. The Balaban J connectivity index is 2.19. The van der Waals surface area contributed by atoms with Gasteiger partial charge in [-0.3, -0.25) is 0 Å². The second-order valence-electron chi connectivity index (χ2n) is 5.26. The standard InChI is InChI=1S/C15H21F2NO/c1-11-6-7-14(19-2)13(9-11)15(16,17)10-12-5-3-4-8-18-12/h6-7,9,12,18H,3-5,8,10H2,1-2H3. The van der Waals surface area contributed by atoms with Crippen LogP contribution in [0.15, 0.2) is 18.2 Å². The monoisotopic (exact) mass is 269 g/mol. The molecule has 2 rings (SSSR count). The molecule has 1 aliphatic heterocycles. The van der Waals surface area contributed by atoms with E-state index >= 15 is 0 Å². The van der Waals surface area contributed by atoms with Gasteiger partial charge in [0.2, 0.25) is 0 Å². The number of nitrogens with one attached hydrogen (secondary N) is 1. The Bertz CT molecular complexity index is 428. The predicted octanol–water partition coefficient (Wildman–Crippen LogP) is 3.63. The van der Waals surface area contributed by atoms with Gasteiger partial charge in [-0.2, -0.15) is 0 Å². The summed E-state index contributed by atoms with van der Waals surface area (Å²) in [5, 5.41) is 3.18. The number of hydrogen-bond donors (Lipinski definition) is 1. The van der Waals surface area contributed by atoms with Crippen molar-refractivity contribution in [2.75, 3.05) is 13.7 Å². The largest absolute Gasteiger partial charge is 0.496 e. The van der Waals surface area contributed by atoms with Crippen LogP contribution < -0.4 is 10.1 Å². The SMILES string of the molecule is COc1ccc(C)cc1C(F)(F)CC1CCCCN1. The summed E-state index contributed by atoms with van der Waals surface area (Å²) in [6, 6.07) is 4.83. The molecule has 0 aromatic heterocycles. The second-order valence-corrected chi connectivity index (χ2v) is 5.26. The molecule has 1 unspecified atom stereocenters. The number of piperidine rings is 1. The Morgan fingerprint density at radius 3 is 2.79 bits per heavy atom. The normalized spacial score (nSPS) is 20.3. The van der Waals surface area contributed by atoms with Crippen LogP contribution in [0, 0.1) is 6.92 Å². The van der Waals surface area contributed by atoms with Crippen LogP contribution in [0.25, 0.3) is 0 Å². The second kappa shape index (κ2) is 5.87. The smallest absolute Gasteiger partial charge is 0.278 e. The van der Waals surface area contributed by atoms with Gasteiger partial charge >= 0.3 is 0 Å². The quantitative estimate of drug-likeness (QED) is 0.901. The van der Waals surface area contributed by atoms with Gasteiger partial charge in [0.15, 0.2) is 0 Å². The third-order valence-corrected chi connectivity index (χ3v) is 3.66. The zero-order chi connectivity index (χ0) is 13.9. The molecular formula is C15H21F2NO. The molecule has 1 saturated heterocycles. The highest BCUT2D eigenvalue weighted by Gasteiger charge is 2.37. The summed E-state index contributed by atoms with van der Waals surface area (Å²) in [5.74, 6) is -2.58. The molecule has 4 heteroatoms. The third kappa shape index (κ3) is 3.44. The van der Waals surface area contributed by atoms with Gasteiger partial charge in [0.1, 0.15) is 5.75 Å². The van der Waals surface area contributed by atoms with E-state index in [4.69, 9.17) is 4.74 Å². The van der Waals surface area contributed by atoms with E-state index in [1.54, 1.807) is 12.1 Å². The number of hydrogen-bond acceptors (Lipinski definition) is 2. The minimum Gasteiger partial charge on any atom is -0.496 e. The number of alkyl halides is 2. The van der Waals surface area contributed by atoms with E-state index in [1.165, 1.54) is 13.2 Å². The summed E-state index contributed by atoms with van der Waals surface area (Å²) in [7, 11) is 1.43. The van der Waals surface area contributed by atoms with E-state index in [0.717, 1.165) is 31.4 Å². The Morgan fingerprint density at radius 2 is 2.16 bits per heavy atom. The average molecular weight is 269 g/mol. The van der Waals surface area contributed by atoms with Crippen LogP contribution in [-0.4, -0.2) is 19.7 Å². The molecule has 0 amide bonds. The lowest BCUT2D eigenvalue weighted by Gasteiger charge is -2.28. The van der Waals surface area contributed by atoms with Crippen LogP contribution in [0.4, 0.5) is 8.78 Å². The number of halogens is 2. The maximum Gasteiger partial charge on any atom is 0.278 e.